The number of ether oxygens (including phenoxy) is 1. The molecule has 1 N–H and O–H groups in total. The zero-order valence-corrected chi connectivity index (χ0v) is 12.7. The molecule has 1 aromatic carbocycles. The van der Waals surface area contributed by atoms with Crippen LogP contribution in [-0.2, 0) is 4.79 Å². The minimum absolute atomic E-state index is 0. The second-order valence-electron chi connectivity index (χ2n) is 3.09. The van der Waals surface area contributed by atoms with Gasteiger partial charge < -0.3 is 15.2 Å². The second kappa shape index (κ2) is 7.61. The third kappa shape index (κ3) is 5.46. The number of nitrogens with one attached hydrogen (secondary N) is 1. The number of amides is 1. The Morgan fingerprint density at radius 2 is 2.18 bits per heavy atom. The third-order valence-corrected chi connectivity index (χ3v) is 1.99. The van der Waals surface area contributed by atoms with Gasteiger partial charge in [0.2, 0.25) is 5.91 Å². The summed E-state index contributed by atoms with van der Waals surface area (Å²) >= 11 is 5.78. The van der Waals surface area contributed by atoms with E-state index in [1.165, 1.54) is 14.0 Å². The van der Waals surface area contributed by atoms with Crippen LogP contribution in [0.5, 0.6) is 5.75 Å². The molecule has 1 aromatic rings. The topological polar surface area (TPSA) is 61.4 Å². The maximum atomic E-state index is 11.3. The molecule has 6 heteroatoms. The van der Waals surface area contributed by atoms with E-state index in [0.29, 0.717) is 16.5 Å². The van der Waals surface area contributed by atoms with Gasteiger partial charge in [-0.05, 0) is 24.3 Å². The zero-order chi connectivity index (χ0) is 12.1. The molecule has 0 aliphatic heterocycles. The van der Waals surface area contributed by atoms with Gasteiger partial charge in [-0.25, -0.2) is 0 Å². The van der Waals surface area contributed by atoms with Crippen molar-refractivity contribution in [3.05, 3.63) is 35.1 Å². The van der Waals surface area contributed by atoms with E-state index in [9.17, 15) is 9.90 Å². The zero-order valence-electron chi connectivity index (χ0n) is 9.91. The number of halogens is 1. The normalized spacial score (nSPS) is 10.4. The summed E-state index contributed by atoms with van der Waals surface area (Å²) < 4.78 is 5.03. The van der Waals surface area contributed by atoms with Crippen LogP contribution in [0.4, 0.5) is 5.69 Å². The van der Waals surface area contributed by atoms with E-state index in [1.54, 1.807) is 18.2 Å². The van der Waals surface area contributed by atoms with E-state index in [0.717, 1.165) is 6.08 Å². The number of rotatable bonds is 3. The second-order valence-corrected chi connectivity index (χ2v) is 3.53. The number of hydrogen-bond acceptors (Lipinski definition) is 3. The monoisotopic (exact) mass is 263 g/mol. The van der Waals surface area contributed by atoms with Gasteiger partial charge in [0.15, 0.2) is 0 Å². The van der Waals surface area contributed by atoms with Crippen molar-refractivity contribution in [1.29, 1.82) is 0 Å². The summed E-state index contributed by atoms with van der Waals surface area (Å²) in [5.41, 5.74) is 0.428. The quantitative estimate of drug-likeness (QED) is 0.413. The summed E-state index contributed by atoms with van der Waals surface area (Å²) in [6.07, 6.45) is 0.959. The van der Waals surface area contributed by atoms with E-state index in [1.807, 2.05) is 0 Å². The molecule has 17 heavy (non-hydrogen) atoms. The number of methoxy groups -OCH3 is 1. The Kier molecular flexibility index (Phi) is 7.30. The fraction of sp³-hybridized carbons (Fsp3) is 0.182. The standard InChI is InChI=1S/C11H12ClNO3.Na/c1-7(14)5-11(15)13-9-6-8(12)3-4-10(9)16-2;/h3-6,14H,1-2H3,(H,13,15);/q;+1/p-1/b7-5-;. The third-order valence-electron chi connectivity index (χ3n) is 1.75. The van der Waals surface area contributed by atoms with E-state index < -0.39 is 5.91 Å². The summed E-state index contributed by atoms with van der Waals surface area (Å²) in [4.78, 5) is 11.3. The first-order valence-electron chi connectivity index (χ1n) is 4.52. The SMILES string of the molecule is COc1ccc(Cl)cc1NC(=O)/C=C(/C)[O-].[Na+]. The average Bonchev–Trinajstić information content (AvgIpc) is 2.16. The molecule has 0 fully saturated rings. The predicted molar refractivity (Wildman–Crippen MR) is 60.4 cm³/mol. The summed E-state index contributed by atoms with van der Waals surface area (Å²) in [7, 11) is 1.48. The van der Waals surface area contributed by atoms with Gasteiger partial charge in [0, 0.05) is 5.02 Å². The first-order valence-corrected chi connectivity index (χ1v) is 4.90. The fourth-order valence-corrected chi connectivity index (χ4v) is 1.30. The molecule has 0 aliphatic rings. The van der Waals surface area contributed by atoms with Gasteiger partial charge in [-0.3, -0.25) is 4.79 Å². The Bertz CT molecular complexity index is 431. The molecule has 0 radical (unpaired) electrons. The Labute approximate surface area is 127 Å². The van der Waals surface area contributed by atoms with Crippen LogP contribution in [0, 0.1) is 0 Å². The van der Waals surface area contributed by atoms with Crippen molar-refractivity contribution >= 4 is 23.2 Å². The van der Waals surface area contributed by atoms with E-state index in [-0.39, 0.29) is 35.3 Å². The number of carbonyl (C=O) groups is 1. The maximum absolute atomic E-state index is 11.3. The van der Waals surface area contributed by atoms with Gasteiger partial charge in [-0.1, -0.05) is 18.5 Å². The molecule has 0 aromatic heterocycles. The maximum Gasteiger partial charge on any atom is 1.00 e. The number of anilines is 1. The Morgan fingerprint density at radius 1 is 1.53 bits per heavy atom. The number of carbonyl (C=O) groups excluding carboxylic acids is 1. The fourth-order valence-electron chi connectivity index (χ4n) is 1.13. The van der Waals surface area contributed by atoms with Gasteiger partial charge >= 0.3 is 29.6 Å². The molecule has 0 unspecified atom stereocenters. The number of hydrogen-bond donors (Lipinski definition) is 1. The predicted octanol–water partition coefficient (Wildman–Crippen LogP) is -1.44. The van der Waals surface area contributed by atoms with Crippen molar-refractivity contribution in [3.63, 3.8) is 0 Å². The van der Waals surface area contributed by atoms with Gasteiger partial charge in [0.05, 0.1) is 12.8 Å². The van der Waals surface area contributed by atoms with Crippen molar-refractivity contribution in [3.8, 4) is 5.75 Å². The van der Waals surface area contributed by atoms with E-state index >= 15 is 0 Å². The molecule has 86 valence electrons. The van der Waals surface area contributed by atoms with Crippen molar-refractivity contribution in [2.75, 3.05) is 12.4 Å². The van der Waals surface area contributed by atoms with Crippen LogP contribution < -0.4 is 44.7 Å². The molecule has 4 nitrogen and oxygen atoms in total. The molecule has 0 spiro atoms. The van der Waals surface area contributed by atoms with Gasteiger partial charge in [-0.2, -0.15) is 0 Å². The minimum atomic E-state index is -0.506. The van der Waals surface area contributed by atoms with Gasteiger partial charge in [0.25, 0.3) is 0 Å². The Morgan fingerprint density at radius 3 is 2.71 bits per heavy atom. The molecular formula is C11H11ClNNaO3. The first kappa shape index (κ1) is 16.3. The minimum Gasteiger partial charge on any atom is -0.875 e. The summed E-state index contributed by atoms with van der Waals surface area (Å²) in [5.74, 6) is -0.346. The van der Waals surface area contributed by atoms with Crippen molar-refractivity contribution < 1.29 is 44.2 Å². The van der Waals surface area contributed by atoms with Crippen LogP contribution in [0.25, 0.3) is 0 Å². The smallest absolute Gasteiger partial charge is 0.875 e. The number of benzene rings is 1. The van der Waals surface area contributed by atoms with Gasteiger partial charge in [-0.15, -0.1) is 5.76 Å². The van der Waals surface area contributed by atoms with Crippen molar-refractivity contribution in [2.45, 2.75) is 6.92 Å². The molecule has 0 heterocycles. The first-order chi connectivity index (χ1) is 7.52. The van der Waals surface area contributed by atoms with Crippen molar-refractivity contribution in [1.82, 2.24) is 0 Å². The van der Waals surface area contributed by atoms with E-state index in [2.05, 4.69) is 5.32 Å². The molecular weight excluding hydrogens is 253 g/mol. The molecule has 0 bridgehead atoms. The summed E-state index contributed by atoms with van der Waals surface area (Å²) in [5, 5.41) is 13.7. The van der Waals surface area contributed by atoms with Crippen LogP contribution in [0.1, 0.15) is 6.92 Å². The van der Waals surface area contributed by atoms with Gasteiger partial charge in [0.1, 0.15) is 5.75 Å². The van der Waals surface area contributed by atoms with E-state index in [4.69, 9.17) is 16.3 Å². The molecule has 0 saturated heterocycles. The summed E-state index contributed by atoms with van der Waals surface area (Å²) in [6.45, 7) is 1.30. The number of allylic oxidation sites excluding steroid dienone is 1. The van der Waals surface area contributed by atoms with Crippen molar-refractivity contribution in [2.24, 2.45) is 0 Å². The van der Waals surface area contributed by atoms with Crippen LogP contribution in [0.3, 0.4) is 0 Å². The van der Waals surface area contributed by atoms with Crippen LogP contribution in [-0.4, -0.2) is 13.0 Å². The molecule has 0 aliphatic carbocycles. The molecule has 0 atom stereocenters. The average molecular weight is 264 g/mol. The summed E-state index contributed by atoms with van der Waals surface area (Å²) in [6, 6.07) is 4.82. The largest absolute Gasteiger partial charge is 1.00 e. The molecule has 0 saturated carbocycles. The Balaban J connectivity index is 0.00000256. The Hall–Kier alpha value is -0.680. The molecule has 1 amide bonds. The van der Waals surface area contributed by atoms with Crippen LogP contribution >= 0.6 is 11.6 Å². The molecule has 1 rings (SSSR count). The van der Waals surface area contributed by atoms with Crippen LogP contribution in [0.15, 0.2) is 30.0 Å². The van der Waals surface area contributed by atoms with Crippen LogP contribution in [0.2, 0.25) is 5.02 Å².